The maximum absolute atomic E-state index is 14.8. The predicted molar refractivity (Wildman–Crippen MR) is 226 cm³/mol. The van der Waals surface area contributed by atoms with Crippen LogP contribution in [0.5, 0.6) is 5.88 Å². The summed E-state index contributed by atoms with van der Waals surface area (Å²) in [5, 5.41) is 17.9. The van der Waals surface area contributed by atoms with E-state index in [1.807, 2.05) is 153 Å². The average Bonchev–Trinajstić information content (AvgIpc) is 3.55. The molecule has 11 heteroatoms. The molecular weight excluding hydrogens is 815 g/mol. The molecule has 9 nitrogen and oxygen atoms in total. The number of aromatic nitrogens is 2. The van der Waals surface area contributed by atoms with Gasteiger partial charge in [-0.15, -0.1) is 5.10 Å². The van der Waals surface area contributed by atoms with Crippen molar-refractivity contribution < 1.29 is 37.9 Å². The van der Waals surface area contributed by atoms with Crippen molar-refractivity contribution in [3.63, 3.8) is 0 Å². The molecule has 0 amide bonds. The van der Waals surface area contributed by atoms with E-state index in [4.69, 9.17) is 33.5 Å². The Morgan fingerprint density at radius 2 is 1.22 bits per heavy atom. The number of halogens is 2. The highest BCUT2D eigenvalue weighted by Crippen LogP contribution is 2.39. The molecule has 2 heterocycles. The number of nitrogens with zero attached hydrogens (tertiary/aromatic N) is 2. The lowest BCUT2D eigenvalue weighted by Gasteiger charge is -2.49. The van der Waals surface area contributed by atoms with Crippen molar-refractivity contribution in [2.45, 2.75) is 90.1 Å². The maximum Gasteiger partial charge on any atom is 0.356 e. The molecule has 0 saturated carbocycles. The van der Waals surface area contributed by atoms with E-state index >= 15 is 0 Å². The Morgan fingerprint density at radius 3 is 1.75 bits per heavy atom. The third-order valence-electron chi connectivity index (χ3n) is 10.2. The van der Waals surface area contributed by atoms with Crippen molar-refractivity contribution >= 4 is 15.9 Å². The molecule has 0 bridgehead atoms. The van der Waals surface area contributed by atoms with Crippen LogP contribution in [0.15, 0.2) is 144 Å². The van der Waals surface area contributed by atoms with Gasteiger partial charge in [0.2, 0.25) is 5.88 Å². The quantitative estimate of drug-likeness (QED) is 0.0855. The predicted octanol–water partition coefficient (Wildman–Crippen LogP) is 9.66. The highest BCUT2D eigenvalue weighted by atomic mass is 79.9. The summed E-state index contributed by atoms with van der Waals surface area (Å²) in [5.41, 5.74) is 5.84. The Bertz CT molecular complexity index is 2210. The normalized spacial score (nSPS) is 20.5. The van der Waals surface area contributed by atoms with Gasteiger partial charge in [-0.05, 0) is 76.7 Å². The van der Waals surface area contributed by atoms with Gasteiger partial charge in [0.05, 0.1) is 37.5 Å². The van der Waals surface area contributed by atoms with Crippen LogP contribution in [0.2, 0.25) is 0 Å². The van der Waals surface area contributed by atoms with Gasteiger partial charge in [-0.1, -0.05) is 127 Å². The minimum atomic E-state index is -2.48. The van der Waals surface area contributed by atoms with Crippen LogP contribution >= 0.6 is 15.9 Å². The second kappa shape index (κ2) is 20.0. The van der Waals surface area contributed by atoms with Gasteiger partial charge in [0.25, 0.3) is 0 Å². The van der Waals surface area contributed by atoms with Crippen LogP contribution < -0.4 is 4.74 Å². The van der Waals surface area contributed by atoms with Gasteiger partial charge in [0.1, 0.15) is 24.1 Å². The monoisotopic (exact) mass is 864 g/mol. The number of hydrogen-bond donors (Lipinski definition) is 1. The molecule has 5 aromatic carbocycles. The van der Waals surface area contributed by atoms with Gasteiger partial charge in [0, 0.05) is 23.7 Å². The van der Waals surface area contributed by atoms with Crippen molar-refractivity contribution in [2.24, 2.45) is 0 Å². The Labute approximate surface area is 353 Å². The first kappa shape index (κ1) is 42.4. The van der Waals surface area contributed by atoms with E-state index in [-0.39, 0.29) is 50.6 Å². The van der Waals surface area contributed by atoms with Gasteiger partial charge in [-0.2, -0.15) is 0 Å². The zero-order valence-electron chi connectivity index (χ0n) is 33.5. The molecular formula is C48H50BrFN2O7. The van der Waals surface area contributed by atoms with Crippen LogP contribution in [0.1, 0.15) is 59.0 Å². The smallest absolute Gasteiger partial charge is 0.356 e. The SMILES string of the molecule is Cc1c(Cc2ccc(Br)c(F)c2)c(O[C@]2(O)O[C@H](COCc3ccccc3)[C@@H](OCc3ccccc3)[C@H](OCc3ccccc3)[C@H]2OCc2ccccc2)nn1C(C)C. The molecule has 0 unspecified atom stereocenters. The van der Waals surface area contributed by atoms with E-state index < -0.39 is 30.4 Å². The summed E-state index contributed by atoms with van der Waals surface area (Å²) in [6, 6.07) is 44.0. The van der Waals surface area contributed by atoms with Gasteiger partial charge in [0.15, 0.2) is 6.10 Å². The molecule has 1 saturated heterocycles. The summed E-state index contributed by atoms with van der Waals surface area (Å²) in [6.45, 7) is 6.75. The van der Waals surface area contributed by atoms with Crippen molar-refractivity contribution in [1.82, 2.24) is 9.78 Å². The third kappa shape index (κ3) is 10.9. The molecule has 0 aliphatic carbocycles. The molecule has 7 rings (SSSR count). The average molecular weight is 866 g/mol. The molecule has 1 fully saturated rings. The lowest BCUT2D eigenvalue weighted by Crippen LogP contribution is -2.69. The topological polar surface area (TPSA) is 93.4 Å². The van der Waals surface area contributed by atoms with Crippen LogP contribution in [0, 0.1) is 12.7 Å². The Kier molecular flexibility index (Phi) is 14.4. The Morgan fingerprint density at radius 1 is 0.712 bits per heavy atom. The van der Waals surface area contributed by atoms with Crippen LogP contribution in [-0.2, 0) is 56.5 Å². The fraction of sp³-hybridized carbons (Fsp3) is 0.312. The van der Waals surface area contributed by atoms with Crippen LogP contribution in [0.4, 0.5) is 4.39 Å². The maximum atomic E-state index is 14.8. The summed E-state index contributed by atoms with van der Waals surface area (Å²) in [7, 11) is 0. The van der Waals surface area contributed by atoms with Gasteiger partial charge in [-0.3, -0.25) is 4.68 Å². The molecule has 1 aliphatic heterocycles. The van der Waals surface area contributed by atoms with E-state index in [0.717, 1.165) is 27.9 Å². The van der Waals surface area contributed by atoms with Crippen molar-refractivity contribution in [3.8, 4) is 5.88 Å². The molecule has 308 valence electrons. The lowest BCUT2D eigenvalue weighted by atomic mass is 9.96. The van der Waals surface area contributed by atoms with Gasteiger partial charge >= 0.3 is 5.97 Å². The molecule has 1 aliphatic rings. The van der Waals surface area contributed by atoms with Crippen LogP contribution in [0.25, 0.3) is 0 Å². The molecule has 1 aromatic heterocycles. The number of ether oxygens (including phenoxy) is 6. The van der Waals surface area contributed by atoms with Crippen LogP contribution in [-0.4, -0.2) is 51.9 Å². The van der Waals surface area contributed by atoms with Crippen LogP contribution in [0.3, 0.4) is 0 Å². The molecule has 6 aromatic rings. The summed E-state index contributed by atoms with van der Waals surface area (Å²) < 4.78 is 57.0. The van der Waals surface area contributed by atoms with Crippen molar-refractivity contribution in [3.05, 3.63) is 189 Å². The molecule has 5 atom stereocenters. The largest absolute Gasteiger partial charge is 0.417 e. The summed E-state index contributed by atoms with van der Waals surface area (Å²) in [5.74, 6) is -2.75. The van der Waals surface area contributed by atoms with E-state index in [0.29, 0.717) is 22.2 Å². The molecule has 1 N–H and O–H groups in total. The molecule has 59 heavy (non-hydrogen) atoms. The minimum Gasteiger partial charge on any atom is -0.417 e. The highest BCUT2D eigenvalue weighted by Gasteiger charge is 2.59. The first-order valence-corrected chi connectivity index (χ1v) is 20.7. The van der Waals surface area contributed by atoms with Gasteiger partial charge < -0.3 is 33.5 Å². The third-order valence-corrected chi connectivity index (χ3v) is 10.9. The number of aliphatic hydroxyl groups is 1. The molecule has 0 radical (unpaired) electrons. The second-order valence-corrected chi connectivity index (χ2v) is 15.8. The Balaban J connectivity index is 1.30. The number of benzene rings is 5. The summed E-state index contributed by atoms with van der Waals surface area (Å²) in [6.07, 6.45) is -3.69. The standard InChI is InChI=1S/C48H50BrFN2O7/c1-33(2)52-34(3)40(26-39-24-25-41(49)42(50)27-39)47(51-52)59-48(53)46(57-31-38-22-14-7-15-23-38)45(56-30-37-20-12-6-13-21-37)44(55-29-36-18-10-5-11-19-36)43(58-48)32-54-28-35-16-8-4-9-17-35/h4-25,27,33,43-46,53H,26,28-32H2,1-3H3/t43-,44-,45+,46-,48-/m1/s1. The Hall–Kier alpha value is -4.72. The van der Waals surface area contributed by atoms with Crippen molar-refractivity contribution in [1.29, 1.82) is 0 Å². The lowest BCUT2D eigenvalue weighted by molar-refractivity contribution is -0.436. The number of hydrogen-bond acceptors (Lipinski definition) is 8. The summed E-state index contributed by atoms with van der Waals surface area (Å²) in [4.78, 5) is 0. The summed E-state index contributed by atoms with van der Waals surface area (Å²) >= 11 is 3.26. The second-order valence-electron chi connectivity index (χ2n) is 15.0. The van der Waals surface area contributed by atoms with E-state index in [2.05, 4.69) is 15.9 Å². The van der Waals surface area contributed by atoms with Gasteiger partial charge in [-0.25, -0.2) is 4.39 Å². The first-order chi connectivity index (χ1) is 28.7. The fourth-order valence-corrected chi connectivity index (χ4v) is 7.45. The first-order valence-electron chi connectivity index (χ1n) is 19.9. The van der Waals surface area contributed by atoms with Crippen molar-refractivity contribution in [2.75, 3.05) is 6.61 Å². The minimum absolute atomic E-state index is 0.0150. The zero-order chi connectivity index (χ0) is 41.2. The zero-order valence-corrected chi connectivity index (χ0v) is 35.0. The van der Waals surface area contributed by atoms with E-state index in [9.17, 15) is 9.50 Å². The molecule has 0 spiro atoms. The highest BCUT2D eigenvalue weighted by molar-refractivity contribution is 9.10. The van der Waals surface area contributed by atoms with E-state index in [1.165, 1.54) is 6.07 Å². The van der Waals surface area contributed by atoms with E-state index in [1.54, 1.807) is 6.07 Å². The number of rotatable bonds is 18. The fourth-order valence-electron chi connectivity index (χ4n) is 7.21.